The summed E-state index contributed by atoms with van der Waals surface area (Å²) < 4.78 is 0. The minimum atomic E-state index is -0.694. The molecule has 3 rings (SSSR count). The topological polar surface area (TPSA) is 40.5 Å². The summed E-state index contributed by atoms with van der Waals surface area (Å²) in [4.78, 5) is 14.1. The van der Waals surface area contributed by atoms with Gasteiger partial charge in [-0.05, 0) is 36.3 Å². The summed E-state index contributed by atoms with van der Waals surface area (Å²) in [6.07, 6.45) is 7.08. The molecule has 1 saturated carbocycles. The maximum Gasteiger partial charge on any atom is 0.325 e. The second-order valence-electron chi connectivity index (χ2n) is 6.52. The maximum atomic E-state index is 11.9. The van der Waals surface area contributed by atoms with E-state index in [4.69, 9.17) is 0 Å². The maximum absolute atomic E-state index is 11.9. The first-order chi connectivity index (χ1) is 10.2. The van der Waals surface area contributed by atoms with Gasteiger partial charge in [0.05, 0.1) is 0 Å². The van der Waals surface area contributed by atoms with Gasteiger partial charge in [0.25, 0.3) is 0 Å². The van der Waals surface area contributed by atoms with Gasteiger partial charge in [-0.2, -0.15) is 0 Å². The summed E-state index contributed by atoms with van der Waals surface area (Å²) in [5.74, 6) is 0.0798. The molecule has 1 N–H and O–H groups in total. The first kappa shape index (κ1) is 14.6. The minimum absolute atomic E-state index is 0.443. The molecule has 0 bridgehead atoms. The summed E-state index contributed by atoms with van der Waals surface area (Å²) in [5, 5.41) is 9.77. The molecule has 1 aliphatic heterocycles. The normalized spacial score (nSPS) is 29.9. The van der Waals surface area contributed by atoms with E-state index >= 15 is 0 Å². The van der Waals surface area contributed by atoms with Crippen LogP contribution in [0.15, 0.2) is 24.3 Å². The molecule has 3 nitrogen and oxygen atoms in total. The number of benzene rings is 1. The van der Waals surface area contributed by atoms with Gasteiger partial charge in [-0.25, -0.2) is 0 Å². The van der Waals surface area contributed by atoms with E-state index in [-0.39, 0.29) is 0 Å². The smallest absolute Gasteiger partial charge is 0.325 e. The number of aliphatic carboxylic acids is 1. The van der Waals surface area contributed by atoms with Crippen LogP contribution in [0.2, 0.25) is 0 Å². The fourth-order valence-electron chi connectivity index (χ4n) is 4.19. The molecule has 1 aliphatic carbocycles. The van der Waals surface area contributed by atoms with Crippen LogP contribution in [-0.4, -0.2) is 28.6 Å². The molecule has 0 radical (unpaired) electrons. The van der Waals surface area contributed by atoms with Crippen molar-refractivity contribution < 1.29 is 9.90 Å². The Hall–Kier alpha value is -1.35. The molecule has 0 saturated heterocycles. The van der Waals surface area contributed by atoms with E-state index in [9.17, 15) is 9.90 Å². The van der Waals surface area contributed by atoms with Gasteiger partial charge in [0.15, 0.2) is 0 Å². The van der Waals surface area contributed by atoms with Crippen molar-refractivity contribution in [3.05, 3.63) is 35.4 Å². The van der Waals surface area contributed by atoms with Gasteiger partial charge in [-0.3, -0.25) is 9.69 Å². The highest BCUT2D eigenvalue weighted by atomic mass is 16.4. The Morgan fingerprint density at radius 1 is 1.33 bits per heavy atom. The van der Waals surface area contributed by atoms with Crippen molar-refractivity contribution in [2.75, 3.05) is 6.54 Å². The number of carbonyl (C=O) groups is 1. The summed E-state index contributed by atoms with van der Waals surface area (Å²) in [7, 11) is 0. The number of hydrogen-bond acceptors (Lipinski definition) is 2. The van der Waals surface area contributed by atoms with E-state index in [0.29, 0.717) is 6.04 Å². The number of nitrogens with zero attached hydrogens (tertiary/aromatic N) is 1. The fourth-order valence-corrected chi connectivity index (χ4v) is 4.19. The van der Waals surface area contributed by atoms with Gasteiger partial charge in [0, 0.05) is 12.6 Å². The average molecular weight is 287 g/mol. The van der Waals surface area contributed by atoms with Crippen molar-refractivity contribution in [2.45, 2.75) is 57.5 Å². The van der Waals surface area contributed by atoms with Gasteiger partial charge in [-0.15, -0.1) is 0 Å². The Balaban J connectivity index is 1.87. The van der Waals surface area contributed by atoms with Crippen LogP contribution in [0.4, 0.5) is 0 Å². The number of hydrogen-bond donors (Lipinski definition) is 1. The van der Waals surface area contributed by atoms with Crippen molar-refractivity contribution in [3.8, 4) is 0 Å². The van der Waals surface area contributed by atoms with Crippen molar-refractivity contribution in [2.24, 2.45) is 5.92 Å². The van der Waals surface area contributed by atoms with Crippen molar-refractivity contribution >= 4 is 5.97 Å². The zero-order chi connectivity index (χ0) is 14.8. The van der Waals surface area contributed by atoms with E-state index in [1.807, 2.05) is 18.2 Å². The fraction of sp³-hybridized carbons (Fsp3) is 0.611. The zero-order valence-corrected chi connectivity index (χ0v) is 12.8. The minimum Gasteiger partial charge on any atom is -0.480 e. The van der Waals surface area contributed by atoms with E-state index in [0.717, 1.165) is 30.9 Å². The molecule has 3 atom stereocenters. The van der Waals surface area contributed by atoms with Crippen LogP contribution >= 0.6 is 0 Å². The van der Waals surface area contributed by atoms with E-state index in [1.54, 1.807) is 0 Å². The largest absolute Gasteiger partial charge is 0.480 e. The number of rotatable bonds is 3. The molecular formula is C18H25NO2. The van der Waals surface area contributed by atoms with Crippen LogP contribution in [0.3, 0.4) is 0 Å². The molecule has 2 aliphatic rings. The standard InChI is InChI=1S/C18H25NO2/c1-2-13-6-5-8-15(12-13)19-11-10-14-7-3-4-9-16(14)17(19)18(20)21/h3-4,7,9,13,15,17H,2,5-6,8,10-12H2,1H3,(H,20,21). The predicted octanol–water partition coefficient (Wildman–Crippen LogP) is 3.64. The van der Waals surface area contributed by atoms with Gasteiger partial charge < -0.3 is 5.11 Å². The lowest BCUT2D eigenvalue weighted by atomic mass is 9.81. The van der Waals surface area contributed by atoms with Crippen LogP contribution in [0.1, 0.15) is 56.2 Å². The Bertz CT molecular complexity index is 514. The molecule has 0 spiro atoms. The van der Waals surface area contributed by atoms with E-state index in [1.165, 1.54) is 31.2 Å². The lowest BCUT2D eigenvalue weighted by molar-refractivity contribution is -0.145. The Morgan fingerprint density at radius 2 is 2.14 bits per heavy atom. The first-order valence-electron chi connectivity index (χ1n) is 8.27. The molecule has 3 heteroatoms. The van der Waals surface area contributed by atoms with E-state index < -0.39 is 12.0 Å². The van der Waals surface area contributed by atoms with Crippen molar-refractivity contribution in [3.63, 3.8) is 0 Å². The summed E-state index contributed by atoms with van der Waals surface area (Å²) >= 11 is 0. The van der Waals surface area contributed by atoms with Crippen LogP contribution in [0.5, 0.6) is 0 Å². The summed E-state index contributed by atoms with van der Waals surface area (Å²) in [6, 6.07) is 8.06. The molecule has 0 aromatic heterocycles. The van der Waals surface area contributed by atoms with Crippen LogP contribution in [-0.2, 0) is 11.2 Å². The van der Waals surface area contributed by atoms with Gasteiger partial charge in [-0.1, -0.05) is 50.5 Å². The summed E-state index contributed by atoms with van der Waals surface area (Å²) in [6.45, 7) is 3.14. The van der Waals surface area contributed by atoms with Crippen LogP contribution in [0, 0.1) is 5.92 Å². The lowest BCUT2D eigenvalue weighted by Gasteiger charge is -2.43. The molecule has 1 heterocycles. The van der Waals surface area contributed by atoms with Gasteiger partial charge >= 0.3 is 5.97 Å². The third-order valence-corrected chi connectivity index (χ3v) is 5.36. The highest BCUT2D eigenvalue weighted by molar-refractivity contribution is 5.76. The molecule has 21 heavy (non-hydrogen) atoms. The van der Waals surface area contributed by atoms with Gasteiger partial charge in [0.1, 0.15) is 6.04 Å². The molecule has 0 amide bonds. The first-order valence-corrected chi connectivity index (χ1v) is 8.27. The average Bonchev–Trinajstić information content (AvgIpc) is 2.53. The third kappa shape index (κ3) is 2.84. The molecule has 1 fully saturated rings. The zero-order valence-electron chi connectivity index (χ0n) is 12.8. The monoisotopic (exact) mass is 287 g/mol. The van der Waals surface area contributed by atoms with Gasteiger partial charge in [0.2, 0.25) is 0 Å². The number of carboxylic acid groups (broad SMARTS) is 1. The molecule has 1 aromatic rings. The molecule has 114 valence electrons. The van der Waals surface area contributed by atoms with Crippen molar-refractivity contribution in [1.29, 1.82) is 0 Å². The molecule has 1 aromatic carbocycles. The summed E-state index contributed by atoms with van der Waals surface area (Å²) in [5.41, 5.74) is 2.22. The second kappa shape index (κ2) is 6.18. The number of fused-ring (bicyclic) bond motifs is 1. The highest BCUT2D eigenvalue weighted by Crippen LogP contribution is 2.37. The highest BCUT2D eigenvalue weighted by Gasteiger charge is 2.38. The number of carboxylic acids is 1. The predicted molar refractivity (Wildman–Crippen MR) is 83.3 cm³/mol. The molecule has 3 unspecified atom stereocenters. The van der Waals surface area contributed by atoms with Crippen LogP contribution in [0.25, 0.3) is 0 Å². The van der Waals surface area contributed by atoms with E-state index in [2.05, 4.69) is 17.9 Å². The van der Waals surface area contributed by atoms with Crippen LogP contribution < -0.4 is 0 Å². The Morgan fingerprint density at radius 3 is 2.90 bits per heavy atom. The third-order valence-electron chi connectivity index (χ3n) is 5.36. The second-order valence-corrected chi connectivity index (χ2v) is 6.52. The molecular weight excluding hydrogens is 262 g/mol. The SMILES string of the molecule is CCC1CCCC(N2CCc3ccccc3C2C(=O)O)C1. The quantitative estimate of drug-likeness (QED) is 0.922. The Labute approximate surface area is 127 Å². The Kier molecular flexibility index (Phi) is 4.29. The van der Waals surface area contributed by atoms with Crippen molar-refractivity contribution in [1.82, 2.24) is 4.90 Å². The lowest BCUT2D eigenvalue weighted by Crippen LogP contribution is -2.47.